The van der Waals surface area contributed by atoms with Gasteiger partial charge in [-0.15, -0.1) is 0 Å². The molecule has 2 N–H and O–H groups in total. The molecule has 4 heteroatoms. The number of para-hydroxylation sites is 1. The standard InChI is InChI=1S/C26H25N3O/c1-17-13-18(2)15-21(14-17)28-25-16-23(22-11-7-8-12-24(22)29-25)26(30)27-19(3)20-9-5-4-6-10-20/h4-16,19H,1-3H3,(H,27,30)(H,28,29)/t19-/m0/s1. The maximum atomic E-state index is 13.2. The number of aryl methyl sites for hydroxylation is 2. The number of nitrogens with zero attached hydrogens (tertiary/aromatic N) is 1. The molecular formula is C26H25N3O. The maximum absolute atomic E-state index is 13.2. The highest BCUT2D eigenvalue weighted by Gasteiger charge is 2.16. The first-order valence-corrected chi connectivity index (χ1v) is 10.1. The van der Waals surface area contributed by atoms with Crippen molar-refractivity contribution in [2.45, 2.75) is 26.8 Å². The Morgan fingerprint density at radius 3 is 2.27 bits per heavy atom. The summed E-state index contributed by atoms with van der Waals surface area (Å²) in [4.78, 5) is 17.9. The van der Waals surface area contributed by atoms with Gasteiger partial charge >= 0.3 is 0 Å². The molecule has 1 heterocycles. The molecule has 3 aromatic carbocycles. The Bertz CT molecular complexity index is 1180. The molecule has 4 aromatic rings. The van der Waals surface area contributed by atoms with Gasteiger partial charge in [-0.25, -0.2) is 4.98 Å². The van der Waals surface area contributed by atoms with Gasteiger partial charge in [-0.2, -0.15) is 0 Å². The Hall–Kier alpha value is -3.66. The minimum absolute atomic E-state index is 0.0959. The lowest BCUT2D eigenvalue weighted by molar-refractivity contribution is 0.0941. The second kappa shape index (κ2) is 8.37. The number of aromatic nitrogens is 1. The minimum Gasteiger partial charge on any atom is -0.345 e. The summed E-state index contributed by atoms with van der Waals surface area (Å²) >= 11 is 0. The number of benzene rings is 3. The van der Waals surface area contributed by atoms with Crippen LogP contribution < -0.4 is 10.6 Å². The van der Waals surface area contributed by atoms with Crippen molar-refractivity contribution >= 4 is 28.3 Å². The first-order chi connectivity index (χ1) is 14.5. The van der Waals surface area contributed by atoms with Gasteiger partial charge < -0.3 is 10.6 Å². The predicted octanol–water partition coefficient (Wildman–Crippen LogP) is 6.09. The first-order valence-electron chi connectivity index (χ1n) is 10.1. The molecule has 150 valence electrons. The third-order valence-corrected chi connectivity index (χ3v) is 5.10. The number of carbonyl (C=O) groups excluding carboxylic acids is 1. The molecule has 1 atom stereocenters. The fourth-order valence-electron chi connectivity index (χ4n) is 3.72. The topological polar surface area (TPSA) is 54.0 Å². The van der Waals surface area contributed by atoms with Gasteiger partial charge in [0.2, 0.25) is 0 Å². The molecule has 0 fully saturated rings. The minimum atomic E-state index is -0.117. The summed E-state index contributed by atoms with van der Waals surface area (Å²) in [5.41, 5.74) is 5.76. The van der Waals surface area contributed by atoms with Crippen LogP contribution in [0, 0.1) is 13.8 Å². The van der Waals surface area contributed by atoms with Crippen LogP contribution in [0.3, 0.4) is 0 Å². The van der Waals surface area contributed by atoms with Crippen molar-refractivity contribution < 1.29 is 4.79 Å². The smallest absolute Gasteiger partial charge is 0.252 e. The van der Waals surface area contributed by atoms with Crippen molar-refractivity contribution in [3.63, 3.8) is 0 Å². The van der Waals surface area contributed by atoms with Crippen LogP contribution in [0.15, 0.2) is 78.9 Å². The van der Waals surface area contributed by atoms with Crippen molar-refractivity contribution in [3.8, 4) is 0 Å². The molecule has 0 spiro atoms. The molecule has 4 nitrogen and oxygen atoms in total. The highest BCUT2D eigenvalue weighted by atomic mass is 16.1. The van der Waals surface area contributed by atoms with Gasteiger partial charge in [-0.1, -0.05) is 54.6 Å². The molecule has 0 aliphatic rings. The van der Waals surface area contributed by atoms with Crippen molar-refractivity contribution in [1.82, 2.24) is 10.3 Å². The summed E-state index contributed by atoms with van der Waals surface area (Å²) in [6, 6.07) is 25.7. The van der Waals surface area contributed by atoms with E-state index >= 15 is 0 Å². The van der Waals surface area contributed by atoms with Gasteiger partial charge in [0.15, 0.2) is 0 Å². The Morgan fingerprint density at radius 1 is 0.867 bits per heavy atom. The Morgan fingerprint density at radius 2 is 1.53 bits per heavy atom. The number of hydrogen-bond acceptors (Lipinski definition) is 3. The molecule has 4 rings (SSSR count). The molecule has 0 unspecified atom stereocenters. The van der Waals surface area contributed by atoms with E-state index in [0.29, 0.717) is 11.4 Å². The largest absolute Gasteiger partial charge is 0.345 e. The quantitative estimate of drug-likeness (QED) is 0.430. The molecule has 0 saturated heterocycles. The van der Waals surface area contributed by atoms with Gasteiger partial charge in [-0.05, 0) is 61.7 Å². The van der Waals surface area contributed by atoms with Gasteiger partial charge in [-0.3, -0.25) is 4.79 Å². The molecular weight excluding hydrogens is 370 g/mol. The Labute approximate surface area is 177 Å². The summed E-state index contributed by atoms with van der Waals surface area (Å²) in [6.45, 7) is 6.12. The van der Waals surface area contributed by atoms with Gasteiger partial charge in [0.1, 0.15) is 5.82 Å². The zero-order valence-electron chi connectivity index (χ0n) is 17.4. The van der Waals surface area contributed by atoms with Crippen LogP contribution in [0.4, 0.5) is 11.5 Å². The van der Waals surface area contributed by atoms with E-state index in [0.717, 1.165) is 22.2 Å². The van der Waals surface area contributed by atoms with Crippen molar-refractivity contribution in [1.29, 1.82) is 0 Å². The number of nitrogens with one attached hydrogen (secondary N) is 2. The third-order valence-electron chi connectivity index (χ3n) is 5.10. The van der Waals surface area contributed by atoms with E-state index in [2.05, 4.69) is 42.7 Å². The fraction of sp³-hybridized carbons (Fsp3) is 0.154. The fourth-order valence-corrected chi connectivity index (χ4v) is 3.72. The summed E-state index contributed by atoms with van der Waals surface area (Å²) in [5, 5.41) is 7.32. The van der Waals surface area contributed by atoms with Crippen molar-refractivity contribution in [3.05, 3.63) is 101 Å². The third kappa shape index (κ3) is 4.33. The van der Waals surface area contributed by atoms with Crippen LogP contribution in [0.25, 0.3) is 10.9 Å². The lowest BCUT2D eigenvalue weighted by Gasteiger charge is -2.16. The number of anilines is 2. The number of pyridine rings is 1. The van der Waals surface area contributed by atoms with E-state index in [1.165, 1.54) is 11.1 Å². The highest BCUT2D eigenvalue weighted by molar-refractivity contribution is 6.07. The van der Waals surface area contributed by atoms with Gasteiger partial charge in [0, 0.05) is 11.1 Å². The van der Waals surface area contributed by atoms with Crippen LogP contribution in [-0.4, -0.2) is 10.9 Å². The van der Waals surface area contributed by atoms with E-state index in [9.17, 15) is 4.79 Å². The van der Waals surface area contributed by atoms with Crippen LogP contribution in [0.2, 0.25) is 0 Å². The van der Waals surface area contributed by atoms with Gasteiger partial charge in [0.25, 0.3) is 5.91 Å². The van der Waals surface area contributed by atoms with Crippen LogP contribution in [0.5, 0.6) is 0 Å². The molecule has 30 heavy (non-hydrogen) atoms. The van der Waals surface area contributed by atoms with E-state index in [1.54, 1.807) is 0 Å². The Kier molecular flexibility index (Phi) is 5.48. The van der Waals surface area contributed by atoms with E-state index in [4.69, 9.17) is 4.98 Å². The SMILES string of the molecule is Cc1cc(C)cc(Nc2cc(C(=O)N[C@@H](C)c3ccccc3)c3ccccc3n2)c1. The zero-order chi connectivity index (χ0) is 21.1. The molecule has 1 aromatic heterocycles. The molecule has 1 amide bonds. The number of carbonyl (C=O) groups is 1. The van der Waals surface area contributed by atoms with E-state index in [1.807, 2.05) is 67.6 Å². The zero-order valence-corrected chi connectivity index (χ0v) is 17.4. The Balaban J connectivity index is 1.68. The second-order valence-corrected chi connectivity index (χ2v) is 7.68. The molecule has 0 saturated carbocycles. The number of amides is 1. The average molecular weight is 396 g/mol. The molecule has 0 aliphatic carbocycles. The highest BCUT2D eigenvalue weighted by Crippen LogP contribution is 2.25. The number of hydrogen-bond donors (Lipinski definition) is 2. The molecule has 0 radical (unpaired) electrons. The normalized spacial score (nSPS) is 11.8. The second-order valence-electron chi connectivity index (χ2n) is 7.68. The number of fused-ring (bicyclic) bond motifs is 1. The monoisotopic (exact) mass is 395 g/mol. The van der Waals surface area contributed by atoms with Crippen LogP contribution in [-0.2, 0) is 0 Å². The summed E-state index contributed by atoms with van der Waals surface area (Å²) < 4.78 is 0. The predicted molar refractivity (Wildman–Crippen MR) is 123 cm³/mol. The van der Waals surface area contributed by atoms with Crippen molar-refractivity contribution in [2.75, 3.05) is 5.32 Å². The van der Waals surface area contributed by atoms with E-state index < -0.39 is 0 Å². The molecule has 0 bridgehead atoms. The first kappa shape index (κ1) is 19.6. The summed E-state index contributed by atoms with van der Waals surface area (Å²) in [5.74, 6) is 0.532. The van der Waals surface area contributed by atoms with E-state index in [-0.39, 0.29) is 11.9 Å². The average Bonchev–Trinajstić information content (AvgIpc) is 2.73. The van der Waals surface area contributed by atoms with Crippen LogP contribution >= 0.6 is 0 Å². The summed E-state index contributed by atoms with van der Waals surface area (Å²) in [6.07, 6.45) is 0. The maximum Gasteiger partial charge on any atom is 0.252 e. The van der Waals surface area contributed by atoms with Crippen LogP contribution in [0.1, 0.15) is 40.0 Å². The lowest BCUT2D eigenvalue weighted by atomic mass is 10.1. The molecule has 0 aliphatic heterocycles. The van der Waals surface area contributed by atoms with Gasteiger partial charge in [0.05, 0.1) is 17.1 Å². The lowest BCUT2D eigenvalue weighted by Crippen LogP contribution is -2.27. The van der Waals surface area contributed by atoms with Crippen molar-refractivity contribution in [2.24, 2.45) is 0 Å². The number of rotatable bonds is 5. The summed E-state index contributed by atoms with van der Waals surface area (Å²) in [7, 11) is 0.